The van der Waals surface area contributed by atoms with E-state index in [0.717, 1.165) is 46.7 Å². The fourth-order valence-electron chi connectivity index (χ4n) is 3.66. The van der Waals surface area contributed by atoms with Crippen molar-refractivity contribution in [3.05, 3.63) is 37.1 Å². The van der Waals surface area contributed by atoms with Crippen molar-refractivity contribution in [2.45, 2.75) is 18.9 Å². The standard InChI is InChI=1S/C19H19N9/c1-21-19-15(10-27(25-19)14-5-12(6-14)7-20)18-17-3-4-22-28(17)11-16(24-18)13-8-23-26(2)9-13/h3-4,8-12,14H,5-6H2,1-2H3,(H,21,25). The monoisotopic (exact) mass is 373 g/mol. The molecule has 0 saturated heterocycles. The quantitative estimate of drug-likeness (QED) is 0.590. The molecule has 28 heavy (non-hydrogen) atoms. The smallest absolute Gasteiger partial charge is 0.157 e. The molecule has 5 rings (SSSR count). The van der Waals surface area contributed by atoms with Crippen molar-refractivity contribution in [2.24, 2.45) is 13.0 Å². The van der Waals surface area contributed by atoms with Gasteiger partial charge in [-0.3, -0.25) is 9.36 Å². The lowest BCUT2D eigenvalue weighted by Crippen LogP contribution is -2.26. The second-order valence-corrected chi connectivity index (χ2v) is 7.11. The molecule has 1 aliphatic rings. The number of rotatable bonds is 4. The number of nitriles is 1. The van der Waals surface area contributed by atoms with E-state index >= 15 is 0 Å². The molecule has 1 aliphatic carbocycles. The van der Waals surface area contributed by atoms with Crippen molar-refractivity contribution in [1.29, 1.82) is 5.26 Å². The minimum absolute atomic E-state index is 0.129. The van der Waals surface area contributed by atoms with Gasteiger partial charge in [-0.15, -0.1) is 0 Å². The van der Waals surface area contributed by atoms with E-state index in [9.17, 15) is 0 Å². The maximum Gasteiger partial charge on any atom is 0.157 e. The Kier molecular flexibility index (Phi) is 3.65. The van der Waals surface area contributed by atoms with E-state index in [1.54, 1.807) is 17.1 Å². The van der Waals surface area contributed by atoms with Gasteiger partial charge in [-0.2, -0.15) is 20.6 Å². The van der Waals surface area contributed by atoms with Gasteiger partial charge in [-0.05, 0) is 18.9 Å². The third-order valence-electron chi connectivity index (χ3n) is 5.28. The number of fused-ring (bicyclic) bond motifs is 1. The molecule has 0 aliphatic heterocycles. The van der Waals surface area contributed by atoms with Crippen LogP contribution in [0.5, 0.6) is 0 Å². The summed E-state index contributed by atoms with van der Waals surface area (Å²) in [5.74, 6) is 0.892. The summed E-state index contributed by atoms with van der Waals surface area (Å²) in [4.78, 5) is 4.92. The zero-order valence-corrected chi connectivity index (χ0v) is 15.6. The van der Waals surface area contributed by atoms with Gasteiger partial charge in [0.1, 0.15) is 5.69 Å². The molecule has 1 N–H and O–H groups in total. The fourth-order valence-corrected chi connectivity index (χ4v) is 3.66. The molecule has 9 heteroatoms. The highest BCUT2D eigenvalue weighted by atomic mass is 15.3. The fraction of sp³-hybridized carbons (Fsp3) is 0.316. The summed E-state index contributed by atoms with van der Waals surface area (Å²) in [5, 5.41) is 25.6. The van der Waals surface area contributed by atoms with Gasteiger partial charge in [-0.1, -0.05) is 0 Å². The molecule has 0 radical (unpaired) electrons. The molecule has 4 aromatic heterocycles. The van der Waals surface area contributed by atoms with E-state index in [2.05, 4.69) is 21.6 Å². The molecule has 140 valence electrons. The molecular formula is C19H19N9. The Balaban J connectivity index is 1.63. The van der Waals surface area contributed by atoms with E-state index in [4.69, 9.17) is 15.3 Å². The van der Waals surface area contributed by atoms with Crippen LogP contribution in [0.1, 0.15) is 18.9 Å². The van der Waals surface area contributed by atoms with Crippen molar-refractivity contribution >= 4 is 11.3 Å². The molecule has 0 unspecified atom stereocenters. The largest absolute Gasteiger partial charge is 0.371 e. The minimum Gasteiger partial charge on any atom is -0.371 e. The predicted molar refractivity (Wildman–Crippen MR) is 103 cm³/mol. The lowest BCUT2D eigenvalue weighted by Gasteiger charge is -2.30. The van der Waals surface area contributed by atoms with Gasteiger partial charge >= 0.3 is 0 Å². The Hall–Kier alpha value is -3.67. The van der Waals surface area contributed by atoms with Crippen molar-refractivity contribution in [2.75, 3.05) is 12.4 Å². The molecule has 4 aromatic rings. The number of aromatic nitrogens is 7. The summed E-state index contributed by atoms with van der Waals surface area (Å²) < 4.78 is 5.54. The zero-order valence-electron chi connectivity index (χ0n) is 15.6. The molecule has 1 fully saturated rings. The van der Waals surface area contributed by atoms with Crippen LogP contribution in [0.4, 0.5) is 5.82 Å². The summed E-state index contributed by atoms with van der Waals surface area (Å²) >= 11 is 0. The molecule has 1 saturated carbocycles. The molecule has 0 spiro atoms. The Labute approximate surface area is 161 Å². The molecular weight excluding hydrogens is 354 g/mol. The van der Waals surface area contributed by atoms with Crippen LogP contribution in [0.15, 0.2) is 37.1 Å². The molecule has 0 bridgehead atoms. The van der Waals surface area contributed by atoms with E-state index in [-0.39, 0.29) is 12.0 Å². The lowest BCUT2D eigenvalue weighted by atomic mass is 9.81. The zero-order chi connectivity index (χ0) is 19.3. The summed E-state index contributed by atoms with van der Waals surface area (Å²) in [7, 11) is 3.74. The van der Waals surface area contributed by atoms with Crippen molar-refractivity contribution < 1.29 is 0 Å². The summed E-state index contributed by atoms with van der Waals surface area (Å²) in [6.07, 6.45) is 11.1. The Morgan fingerprint density at radius 2 is 2.07 bits per heavy atom. The third kappa shape index (κ3) is 2.53. The number of hydrogen-bond acceptors (Lipinski definition) is 6. The Morgan fingerprint density at radius 3 is 2.79 bits per heavy atom. The minimum atomic E-state index is 0.129. The van der Waals surface area contributed by atoms with Crippen LogP contribution < -0.4 is 5.32 Å². The van der Waals surface area contributed by atoms with Crippen LogP contribution in [0.3, 0.4) is 0 Å². The van der Waals surface area contributed by atoms with Crippen molar-refractivity contribution in [3.8, 4) is 28.6 Å². The van der Waals surface area contributed by atoms with E-state index in [0.29, 0.717) is 0 Å². The maximum atomic E-state index is 9.05. The third-order valence-corrected chi connectivity index (χ3v) is 5.28. The van der Waals surface area contributed by atoms with Crippen LogP contribution >= 0.6 is 0 Å². The number of hydrogen-bond donors (Lipinski definition) is 1. The predicted octanol–water partition coefficient (Wildman–Crippen LogP) is 2.51. The number of nitrogens with zero attached hydrogens (tertiary/aromatic N) is 8. The van der Waals surface area contributed by atoms with E-state index < -0.39 is 0 Å². The van der Waals surface area contributed by atoms with Crippen LogP contribution in [-0.2, 0) is 7.05 Å². The summed E-state index contributed by atoms with van der Waals surface area (Å²) in [5.41, 5.74) is 4.36. The highest BCUT2D eigenvalue weighted by molar-refractivity contribution is 5.84. The average molecular weight is 373 g/mol. The SMILES string of the molecule is CNc1nn(C2CC(C#N)C2)cc1-c1nc(-c2cnn(C)c2)cn2nccc12. The van der Waals surface area contributed by atoms with Crippen LogP contribution in [-0.4, -0.2) is 41.2 Å². The van der Waals surface area contributed by atoms with Crippen LogP contribution in [0.25, 0.3) is 28.0 Å². The normalized spacial score (nSPS) is 18.8. The van der Waals surface area contributed by atoms with E-state index in [1.165, 1.54) is 0 Å². The highest BCUT2D eigenvalue weighted by Gasteiger charge is 2.32. The summed E-state index contributed by atoms with van der Waals surface area (Å²) in [6.45, 7) is 0. The van der Waals surface area contributed by atoms with Crippen molar-refractivity contribution in [1.82, 2.24) is 34.2 Å². The van der Waals surface area contributed by atoms with Crippen LogP contribution in [0.2, 0.25) is 0 Å². The Bertz CT molecular complexity index is 1200. The van der Waals surface area contributed by atoms with Gasteiger partial charge in [0, 0.05) is 32.1 Å². The molecule has 0 aromatic carbocycles. The first-order valence-electron chi connectivity index (χ1n) is 9.16. The average Bonchev–Trinajstić information content (AvgIpc) is 3.38. The first kappa shape index (κ1) is 16.5. The number of anilines is 1. The lowest BCUT2D eigenvalue weighted by molar-refractivity contribution is 0.230. The van der Waals surface area contributed by atoms with Gasteiger partial charge in [0.15, 0.2) is 5.82 Å². The molecule has 4 heterocycles. The molecule has 0 atom stereocenters. The number of aryl methyl sites for hydroxylation is 1. The van der Waals surface area contributed by atoms with Gasteiger partial charge in [0.05, 0.1) is 53.4 Å². The summed E-state index contributed by atoms with van der Waals surface area (Å²) in [6, 6.07) is 4.53. The molecule has 9 nitrogen and oxygen atoms in total. The van der Waals surface area contributed by atoms with Crippen molar-refractivity contribution in [3.63, 3.8) is 0 Å². The van der Waals surface area contributed by atoms with Gasteiger partial charge in [0.2, 0.25) is 0 Å². The topological polar surface area (TPSA) is 102 Å². The maximum absolute atomic E-state index is 9.05. The first-order chi connectivity index (χ1) is 13.7. The van der Waals surface area contributed by atoms with E-state index in [1.807, 2.05) is 47.9 Å². The van der Waals surface area contributed by atoms with Gasteiger partial charge in [0.25, 0.3) is 0 Å². The Morgan fingerprint density at radius 1 is 1.21 bits per heavy atom. The second kappa shape index (κ2) is 6.20. The number of nitrogens with one attached hydrogen (secondary N) is 1. The van der Waals surface area contributed by atoms with Gasteiger partial charge < -0.3 is 5.32 Å². The second-order valence-electron chi connectivity index (χ2n) is 7.11. The van der Waals surface area contributed by atoms with Gasteiger partial charge in [-0.25, -0.2) is 9.50 Å². The molecule has 0 amide bonds. The first-order valence-corrected chi connectivity index (χ1v) is 9.16. The highest BCUT2D eigenvalue weighted by Crippen LogP contribution is 2.39. The van der Waals surface area contributed by atoms with Crippen LogP contribution in [0, 0.1) is 17.2 Å².